The molecule has 7 nitrogen and oxygen atoms in total. The molecule has 1 aliphatic rings. The van der Waals surface area contributed by atoms with Crippen molar-refractivity contribution in [2.75, 3.05) is 22.9 Å². The van der Waals surface area contributed by atoms with E-state index in [1.807, 2.05) is 0 Å². The van der Waals surface area contributed by atoms with E-state index in [1.54, 1.807) is 6.07 Å². The Balaban J connectivity index is 1.97. The minimum absolute atomic E-state index is 0.233. The minimum Gasteiger partial charge on any atom is -0.411 e. The number of nitrogens with zero attached hydrogens (tertiary/aromatic N) is 2. The molecule has 146 valence electrons. The Bertz CT molecular complexity index is 604. The Morgan fingerprint density at radius 2 is 2.00 bits per heavy atom. The summed E-state index contributed by atoms with van der Waals surface area (Å²) in [4.78, 5) is 14.3. The second-order valence-electron chi connectivity index (χ2n) is 7.48. The van der Waals surface area contributed by atoms with Gasteiger partial charge < -0.3 is 21.2 Å². The fraction of sp³-hybridized carbons (Fsp3) is 0.684. The molecule has 1 aliphatic heterocycles. The van der Waals surface area contributed by atoms with Crippen LogP contribution in [0, 0.1) is 11.8 Å². The van der Waals surface area contributed by atoms with Crippen molar-refractivity contribution in [2.24, 2.45) is 11.8 Å². The van der Waals surface area contributed by atoms with E-state index >= 15 is 0 Å². The number of nitrogens with two attached hydrogens (primary N) is 1. The molecule has 0 aliphatic carbocycles. The first-order valence-corrected chi connectivity index (χ1v) is 9.69. The second kappa shape index (κ2) is 9.62. The third kappa shape index (κ3) is 6.05. The van der Waals surface area contributed by atoms with Crippen LogP contribution in [0.3, 0.4) is 0 Å². The van der Waals surface area contributed by atoms with Crippen molar-refractivity contribution in [3.8, 4) is 0 Å². The van der Waals surface area contributed by atoms with Crippen LogP contribution >= 0.6 is 0 Å². The summed E-state index contributed by atoms with van der Waals surface area (Å²) in [5.41, 5.74) is 8.97. The van der Waals surface area contributed by atoms with Crippen LogP contribution in [-0.2, 0) is 4.84 Å². The van der Waals surface area contributed by atoms with Gasteiger partial charge >= 0.3 is 0 Å². The van der Waals surface area contributed by atoms with E-state index in [2.05, 4.69) is 66.8 Å². The van der Waals surface area contributed by atoms with Crippen LogP contribution in [-0.4, -0.2) is 28.6 Å². The molecular weight excluding hydrogens is 328 g/mol. The molecule has 0 bridgehead atoms. The normalized spacial score (nSPS) is 19.0. The summed E-state index contributed by atoms with van der Waals surface area (Å²) in [5.74, 6) is 3.70. The van der Waals surface area contributed by atoms with Crippen molar-refractivity contribution in [2.45, 2.75) is 66.0 Å². The van der Waals surface area contributed by atoms with Gasteiger partial charge in [-0.05, 0) is 30.8 Å². The van der Waals surface area contributed by atoms with Crippen LogP contribution in [0.4, 0.5) is 17.6 Å². The maximum Gasteiger partial charge on any atom is 0.226 e. The van der Waals surface area contributed by atoms with Gasteiger partial charge in [0, 0.05) is 12.1 Å². The van der Waals surface area contributed by atoms with Gasteiger partial charge in [0.1, 0.15) is 17.4 Å². The van der Waals surface area contributed by atoms with Crippen molar-refractivity contribution >= 4 is 17.6 Å². The average molecular weight is 363 g/mol. The molecule has 0 aromatic carbocycles. The molecule has 0 amide bonds. The van der Waals surface area contributed by atoms with E-state index in [0.717, 1.165) is 24.4 Å². The van der Waals surface area contributed by atoms with Gasteiger partial charge in [-0.2, -0.15) is 9.97 Å². The van der Waals surface area contributed by atoms with E-state index < -0.39 is 0 Å². The minimum atomic E-state index is 0.233. The Morgan fingerprint density at radius 3 is 2.62 bits per heavy atom. The smallest absolute Gasteiger partial charge is 0.226 e. The average Bonchev–Trinajstić information content (AvgIpc) is 3.08. The van der Waals surface area contributed by atoms with Crippen LogP contribution in [0.25, 0.3) is 0 Å². The SMILES string of the molecule is CCC(C)CC(CC)Nc1cc(N)nc(NCC2=CC(C(C)C)NO2)n1. The molecule has 0 saturated heterocycles. The molecule has 0 fully saturated rings. The number of hydrogen-bond donors (Lipinski definition) is 4. The van der Waals surface area contributed by atoms with E-state index in [0.29, 0.717) is 36.2 Å². The first-order valence-electron chi connectivity index (χ1n) is 9.69. The van der Waals surface area contributed by atoms with Gasteiger partial charge in [0.05, 0.1) is 12.6 Å². The predicted octanol–water partition coefficient (Wildman–Crippen LogP) is 3.54. The topological polar surface area (TPSA) is 97.1 Å². The lowest BCUT2D eigenvalue weighted by Gasteiger charge is -2.21. The third-order valence-corrected chi connectivity index (χ3v) is 4.81. The maximum absolute atomic E-state index is 5.96. The zero-order chi connectivity index (χ0) is 19.1. The first-order chi connectivity index (χ1) is 12.4. The fourth-order valence-electron chi connectivity index (χ4n) is 2.81. The highest BCUT2D eigenvalue weighted by Crippen LogP contribution is 2.19. The van der Waals surface area contributed by atoms with Crippen LogP contribution in [0.1, 0.15) is 53.9 Å². The highest BCUT2D eigenvalue weighted by atomic mass is 16.7. The van der Waals surface area contributed by atoms with E-state index in [9.17, 15) is 0 Å². The monoisotopic (exact) mass is 362 g/mol. The van der Waals surface area contributed by atoms with E-state index in [1.165, 1.54) is 6.42 Å². The van der Waals surface area contributed by atoms with Crippen molar-refractivity contribution < 1.29 is 4.84 Å². The van der Waals surface area contributed by atoms with Crippen LogP contribution in [0.5, 0.6) is 0 Å². The summed E-state index contributed by atoms with van der Waals surface area (Å²) < 4.78 is 0. The number of hydrogen-bond acceptors (Lipinski definition) is 7. The second-order valence-corrected chi connectivity index (χ2v) is 7.48. The lowest BCUT2D eigenvalue weighted by atomic mass is 9.98. The summed E-state index contributed by atoms with van der Waals surface area (Å²) in [6.45, 7) is 11.5. The van der Waals surface area contributed by atoms with Crippen LogP contribution in [0.15, 0.2) is 17.9 Å². The van der Waals surface area contributed by atoms with Gasteiger partial charge in [0.2, 0.25) is 5.95 Å². The standard InChI is InChI=1S/C19H34N6O/c1-6-13(5)8-14(7-2)22-18-10-17(20)23-19(24-18)21-11-15-9-16(12(3)4)25-26-15/h9-10,12-14,16,25H,6-8,11H2,1-5H3,(H4,20,21,22,23,24). The molecule has 26 heavy (non-hydrogen) atoms. The molecule has 7 heteroatoms. The largest absolute Gasteiger partial charge is 0.411 e. The Labute approximate surface area is 157 Å². The van der Waals surface area contributed by atoms with Crippen molar-refractivity contribution in [3.63, 3.8) is 0 Å². The third-order valence-electron chi connectivity index (χ3n) is 4.81. The molecule has 1 aromatic rings. The van der Waals surface area contributed by atoms with E-state index in [4.69, 9.17) is 10.6 Å². The molecule has 1 aromatic heterocycles. The highest BCUT2D eigenvalue weighted by molar-refractivity contribution is 5.50. The zero-order valence-corrected chi connectivity index (χ0v) is 16.7. The summed E-state index contributed by atoms with van der Waals surface area (Å²) in [6, 6.07) is 2.40. The number of anilines is 3. The molecule has 3 atom stereocenters. The fourth-order valence-corrected chi connectivity index (χ4v) is 2.81. The quantitative estimate of drug-likeness (QED) is 0.505. The molecule has 3 unspecified atom stereocenters. The van der Waals surface area contributed by atoms with Gasteiger partial charge in [0.25, 0.3) is 0 Å². The summed E-state index contributed by atoms with van der Waals surface area (Å²) >= 11 is 0. The van der Waals surface area contributed by atoms with Crippen molar-refractivity contribution in [1.29, 1.82) is 0 Å². The molecule has 0 saturated carbocycles. The lowest BCUT2D eigenvalue weighted by Crippen LogP contribution is -2.26. The zero-order valence-electron chi connectivity index (χ0n) is 16.7. The number of nitrogen functional groups attached to an aromatic ring is 1. The Kier molecular flexibility index (Phi) is 7.50. The maximum atomic E-state index is 5.96. The van der Waals surface area contributed by atoms with Crippen LogP contribution < -0.4 is 21.8 Å². The van der Waals surface area contributed by atoms with Crippen molar-refractivity contribution in [3.05, 3.63) is 17.9 Å². The molecule has 0 radical (unpaired) electrons. The molecule has 0 spiro atoms. The van der Waals surface area contributed by atoms with E-state index in [-0.39, 0.29) is 6.04 Å². The first kappa shape index (κ1) is 20.3. The van der Waals surface area contributed by atoms with Gasteiger partial charge in [-0.15, -0.1) is 5.48 Å². The Morgan fingerprint density at radius 1 is 1.23 bits per heavy atom. The number of aromatic nitrogens is 2. The molecule has 5 N–H and O–H groups in total. The summed E-state index contributed by atoms with van der Waals surface area (Å²) in [6.07, 6.45) is 5.42. The van der Waals surface area contributed by atoms with Crippen molar-refractivity contribution in [1.82, 2.24) is 15.4 Å². The predicted molar refractivity (Wildman–Crippen MR) is 108 cm³/mol. The van der Waals surface area contributed by atoms with Crippen LogP contribution in [0.2, 0.25) is 0 Å². The van der Waals surface area contributed by atoms with Gasteiger partial charge in [-0.25, -0.2) is 0 Å². The molecular formula is C19H34N6O. The van der Waals surface area contributed by atoms with Gasteiger partial charge in [-0.1, -0.05) is 41.0 Å². The summed E-state index contributed by atoms with van der Waals surface area (Å²) in [7, 11) is 0. The summed E-state index contributed by atoms with van der Waals surface area (Å²) in [5, 5.41) is 6.69. The molecule has 2 rings (SSSR count). The Hall–Kier alpha value is -2.02. The van der Waals surface area contributed by atoms with Gasteiger partial charge in [-0.3, -0.25) is 0 Å². The lowest BCUT2D eigenvalue weighted by molar-refractivity contribution is 0.104. The highest BCUT2D eigenvalue weighted by Gasteiger charge is 2.20. The number of hydroxylamine groups is 1. The number of nitrogens with one attached hydrogen (secondary N) is 3. The number of rotatable bonds is 10. The molecule has 2 heterocycles. The van der Waals surface area contributed by atoms with Gasteiger partial charge in [0.15, 0.2) is 0 Å².